The number of para-hydroxylation sites is 1. The first-order valence-corrected chi connectivity index (χ1v) is 5.69. The Morgan fingerprint density at radius 2 is 2.05 bits per heavy atom. The minimum Gasteiger partial charge on any atom is -0.468 e. The maximum Gasteiger partial charge on any atom is 0.325 e. The second-order valence-corrected chi connectivity index (χ2v) is 3.92. The van der Waals surface area contributed by atoms with Crippen LogP contribution in [0.2, 0.25) is 0 Å². The lowest BCUT2D eigenvalue weighted by Crippen LogP contribution is -2.31. The molecular weight excluding hydrogens is 264 g/mol. The maximum atomic E-state index is 11.7. The molecule has 7 heteroatoms. The first kappa shape index (κ1) is 15.4. The van der Waals surface area contributed by atoms with Gasteiger partial charge in [0.1, 0.15) is 6.54 Å². The molecule has 0 aromatic heterocycles. The molecule has 106 valence electrons. The quantitative estimate of drug-likeness (QED) is 0.350. The van der Waals surface area contributed by atoms with E-state index in [4.69, 9.17) is 0 Å². The van der Waals surface area contributed by atoms with Crippen molar-refractivity contribution >= 4 is 23.6 Å². The first-order valence-electron chi connectivity index (χ1n) is 5.69. The van der Waals surface area contributed by atoms with E-state index in [0.717, 1.165) is 4.90 Å². The SMILES string of the molecule is COC(=O)CN(C)C(=O)C=Cc1ccccc1[N+](=O)[O-]. The van der Waals surface area contributed by atoms with E-state index < -0.39 is 16.8 Å². The van der Waals surface area contributed by atoms with Gasteiger partial charge in [-0.3, -0.25) is 19.7 Å². The standard InChI is InChI=1S/C13H14N2O5/c1-14(9-13(17)20-2)12(16)8-7-10-5-3-4-6-11(10)15(18)19/h3-8H,9H2,1-2H3. The first-order chi connectivity index (χ1) is 9.45. The van der Waals surface area contributed by atoms with E-state index in [0.29, 0.717) is 5.56 Å². The molecule has 0 aliphatic heterocycles. The zero-order valence-electron chi connectivity index (χ0n) is 11.1. The molecule has 0 saturated carbocycles. The molecule has 0 aliphatic rings. The van der Waals surface area contributed by atoms with Gasteiger partial charge in [-0.05, 0) is 12.1 Å². The van der Waals surface area contributed by atoms with Crippen molar-refractivity contribution in [3.8, 4) is 0 Å². The highest BCUT2D eigenvalue weighted by Crippen LogP contribution is 2.18. The third kappa shape index (κ3) is 4.20. The number of benzene rings is 1. The summed E-state index contributed by atoms with van der Waals surface area (Å²) >= 11 is 0. The second kappa shape index (κ2) is 7.03. The van der Waals surface area contributed by atoms with Gasteiger partial charge < -0.3 is 9.64 Å². The summed E-state index contributed by atoms with van der Waals surface area (Å²) in [5.74, 6) is -0.992. The Kier molecular flexibility index (Phi) is 5.40. The Morgan fingerprint density at radius 1 is 1.40 bits per heavy atom. The minimum absolute atomic E-state index is 0.0906. The molecule has 1 amide bonds. The predicted molar refractivity (Wildman–Crippen MR) is 71.8 cm³/mol. The van der Waals surface area contributed by atoms with Gasteiger partial charge >= 0.3 is 5.97 Å². The third-order valence-electron chi connectivity index (χ3n) is 2.51. The molecule has 0 unspecified atom stereocenters. The van der Waals surface area contributed by atoms with Crippen molar-refractivity contribution in [2.24, 2.45) is 0 Å². The third-order valence-corrected chi connectivity index (χ3v) is 2.51. The average molecular weight is 278 g/mol. The molecule has 7 nitrogen and oxygen atoms in total. The number of esters is 1. The number of likely N-dealkylation sites (N-methyl/N-ethyl adjacent to an activating group) is 1. The van der Waals surface area contributed by atoms with E-state index in [1.807, 2.05) is 0 Å². The van der Waals surface area contributed by atoms with E-state index in [2.05, 4.69) is 4.74 Å². The fourth-order valence-electron chi connectivity index (χ4n) is 1.42. The topological polar surface area (TPSA) is 89.8 Å². The van der Waals surface area contributed by atoms with Crippen LogP contribution in [-0.4, -0.2) is 42.4 Å². The normalized spacial score (nSPS) is 10.3. The van der Waals surface area contributed by atoms with E-state index in [-0.39, 0.29) is 12.2 Å². The second-order valence-electron chi connectivity index (χ2n) is 3.92. The van der Waals surface area contributed by atoms with E-state index in [1.54, 1.807) is 12.1 Å². The van der Waals surface area contributed by atoms with Gasteiger partial charge in [-0.15, -0.1) is 0 Å². The number of carbonyl (C=O) groups excluding carboxylic acids is 2. The summed E-state index contributed by atoms with van der Waals surface area (Å²) in [4.78, 5) is 34.1. The minimum atomic E-state index is -0.542. The summed E-state index contributed by atoms with van der Waals surface area (Å²) in [7, 11) is 2.66. The highest BCUT2D eigenvalue weighted by atomic mass is 16.6. The molecule has 0 atom stereocenters. The largest absolute Gasteiger partial charge is 0.468 e. The molecule has 0 radical (unpaired) electrons. The Bertz CT molecular complexity index is 553. The lowest BCUT2D eigenvalue weighted by atomic mass is 10.1. The van der Waals surface area contributed by atoms with E-state index in [9.17, 15) is 19.7 Å². The molecule has 0 aliphatic carbocycles. The van der Waals surface area contributed by atoms with Gasteiger partial charge in [0, 0.05) is 19.2 Å². The van der Waals surface area contributed by atoms with Crippen LogP contribution < -0.4 is 0 Å². The fourth-order valence-corrected chi connectivity index (χ4v) is 1.42. The number of ether oxygens (including phenoxy) is 1. The van der Waals surface area contributed by atoms with Crippen molar-refractivity contribution in [2.45, 2.75) is 0 Å². The van der Waals surface area contributed by atoms with E-state index in [1.165, 1.54) is 38.4 Å². The summed E-state index contributed by atoms with van der Waals surface area (Å²) in [6.07, 6.45) is 2.51. The van der Waals surface area contributed by atoms with Crippen LogP contribution in [0.4, 0.5) is 5.69 Å². The average Bonchev–Trinajstić information content (AvgIpc) is 2.44. The van der Waals surface area contributed by atoms with Gasteiger partial charge in [0.25, 0.3) is 5.69 Å². The molecule has 20 heavy (non-hydrogen) atoms. The van der Waals surface area contributed by atoms with Crippen molar-refractivity contribution in [1.82, 2.24) is 4.90 Å². The highest BCUT2D eigenvalue weighted by molar-refractivity contribution is 5.94. The lowest BCUT2D eigenvalue weighted by molar-refractivity contribution is -0.385. The molecule has 0 saturated heterocycles. The number of hydrogen-bond donors (Lipinski definition) is 0. The van der Waals surface area contributed by atoms with Gasteiger partial charge in [-0.1, -0.05) is 12.1 Å². The predicted octanol–water partition coefficient (Wildman–Crippen LogP) is 1.24. The fraction of sp³-hybridized carbons (Fsp3) is 0.231. The Balaban J connectivity index is 2.80. The zero-order valence-corrected chi connectivity index (χ0v) is 11.1. The highest BCUT2D eigenvalue weighted by Gasteiger charge is 2.12. The number of nitro groups is 1. The number of rotatable bonds is 5. The Morgan fingerprint density at radius 3 is 2.65 bits per heavy atom. The number of amides is 1. The molecular formula is C13H14N2O5. The van der Waals surface area contributed by atoms with Gasteiger partial charge in [-0.25, -0.2) is 0 Å². The summed E-state index contributed by atoms with van der Waals surface area (Å²) in [5.41, 5.74) is 0.226. The molecule has 0 fully saturated rings. The molecule has 0 N–H and O–H groups in total. The van der Waals surface area contributed by atoms with Gasteiger partial charge in [-0.2, -0.15) is 0 Å². The van der Waals surface area contributed by atoms with Crippen LogP contribution in [0.15, 0.2) is 30.3 Å². The zero-order chi connectivity index (χ0) is 15.1. The van der Waals surface area contributed by atoms with Crippen LogP contribution in [0.3, 0.4) is 0 Å². The van der Waals surface area contributed by atoms with Crippen molar-refractivity contribution in [2.75, 3.05) is 20.7 Å². The monoisotopic (exact) mass is 278 g/mol. The van der Waals surface area contributed by atoms with Crippen molar-refractivity contribution < 1.29 is 19.2 Å². The molecule has 1 aromatic rings. The van der Waals surface area contributed by atoms with E-state index >= 15 is 0 Å². The van der Waals surface area contributed by atoms with Crippen LogP contribution in [0, 0.1) is 10.1 Å². The number of hydrogen-bond acceptors (Lipinski definition) is 5. The van der Waals surface area contributed by atoms with Crippen molar-refractivity contribution in [3.63, 3.8) is 0 Å². The summed E-state index contributed by atoms with van der Waals surface area (Å²) in [5, 5.41) is 10.8. The molecule has 1 rings (SSSR count). The molecule has 1 aromatic carbocycles. The summed E-state index contributed by atoms with van der Waals surface area (Å²) in [6, 6.07) is 6.06. The molecule has 0 heterocycles. The Hall–Kier alpha value is -2.70. The smallest absolute Gasteiger partial charge is 0.325 e. The molecule has 0 bridgehead atoms. The lowest BCUT2D eigenvalue weighted by Gasteiger charge is -2.12. The van der Waals surface area contributed by atoms with Crippen molar-refractivity contribution in [3.05, 3.63) is 46.0 Å². The maximum absolute atomic E-state index is 11.7. The number of carbonyl (C=O) groups is 2. The Labute approximate surface area is 115 Å². The van der Waals surface area contributed by atoms with Crippen LogP contribution in [0.1, 0.15) is 5.56 Å². The summed E-state index contributed by atoms with van der Waals surface area (Å²) in [6.45, 7) is -0.184. The van der Waals surface area contributed by atoms with Crippen LogP contribution >= 0.6 is 0 Å². The summed E-state index contributed by atoms with van der Waals surface area (Å²) < 4.78 is 4.44. The van der Waals surface area contributed by atoms with Gasteiger partial charge in [0.05, 0.1) is 17.6 Å². The van der Waals surface area contributed by atoms with Crippen LogP contribution in [0.5, 0.6) is 0 Å². The van der Waals surface area contributed by atoms with Crippen LogP contribution in [0.25, 0.3) is 6.08 Å². The number of methoxy groups -OCH3 is 1. The molecule has 0 spiro atoms. The number of nitro benzene ring substituents is 1. The van der Waals surface area contributed by atoms with Crippen molar-refractivity contribution in [1.29, 1.82) is 0 Å². The van der Waals surface area contributed by atoms with Gasteiger partial charge in [0.15, 0.2) is 0 Å². The number of nitrogens with zero attached hydrogens (tertiary/aromatic N) is 2. The van der Waals surface area contributed by atoms with Crippen LogP contribution in [-0.2, 0) is 14.3 Å². The van der Waals surface area contributed by atoms with Gasteiger partial charge in [0.2, 0.25) is 5.91 Å².